The fourth-order valence-corrected chi connectivity index (χ4v) is 2.17. The van der Waals surface area contributed by atoms with Crippen LogP contribution in [0, 0.1) is 6.92 Å². The predicted octanol–water partition coefficient (Wildman–Crippen LogP) is 4.79. The van der Waals surface area contributed by atoms with Crippen molar-refractivity contribution in [3.8, 4) is 5.75 Å². The van der Waals surface area contributed by atoms with Gasteiger partial charge in [0.05, 0.1) is 5.02 Å². The summed E-state index contributed by atoms with van der Waals surface area (Å²) in [6.45, 7) is 3.32. The zero-order chi connectivity index (χ0) is 13.7. The van der Waals surface area contributed by atoms with Gasteiger partial charge in [0.15, 0.2) is 0 Å². The Hall–Kier alpha value is -1.38. The third kappa shape index (κ3) is 4.05. The van der Waals surface area contributed by atoms with Crippen LogP contribution in [0.3, 0.4) is 0 Å². The Balaban J connectivity index is 1.83. The molecule has 100 valence electrons. The number of nitrogens with one attached hydrogen (secondary N) is 1. The highest BCUT2D eigenvalue weighted by molar-refractivity contribution is 6.35. The van der Waals surface area contributed by atoms with Gasteiger partial charge >= 0.3 is 0 Å². The van der Waals surface area contributed by atoms with E-state index in [1.165, 1.54) is 5.56 Å². The molecule has 0 radical (unpaired) electrons. The van der Waals surface area contributed by atoms with Crippen molar-refractivity contribution in [1.29, 1.82) is 0 Å². The molecule has 0 fully saturated rings. The molecule has 2 aromatic rings. The van der Waals surface area contributed by atoms with Gasteiger partial charge in [0.1, 0.15) is 12.4 Å². The van der Waals surface area contributed by atoms with Crippen LogP contribution < -0.4 is 10.1 Å². The largest absolute Gasteiger partial charge is 0.490 e. The Morgan fingerprint density at radius 3 is 2.63 bits per heavy atom. The van der Waals surface area contributed by atoms with E-state index in [0.717, 1.165) is 5.69 Å². The summed E-state index contributed by atoms with van der Waals surface area (Å²) in [7, 11) is 0. The third-order valence-corrected chi connectivity index (χ3v) is 3.24. The molecular formula is C15H15Cl2NO. The maximum absolute atomic E-state index is 6.02. The van der Waals surface area contributed by atoms with Gasteiger partial charge in [0, 0.05) is 17.3 Å². The molecule has 0 saturated carbocycles. The second kappa shape index (κ2) is 6.69. The Bertz CT molecular complexity index is 558. The van der Waals surface area contributed by atoms with Crippen LogP contribution in [0.1, 0.15) is 5.56 Å². The van der Waals surface area contributed by atoms with Gasteiger partial charge in [-0.15, -0.1) is 0 Å². The molecule has 2 rings (SSSR count). The number of anilines is 1. The van der Waals surface area contributed by atoms with Gasteiger partial charge in [-0.2, -0.15) is 0 Å². The maximum Gasteiger partial charge on any atom is 0.138 e. The van der Waals surface area contributed by atoms with Crippen LogP contribution in [-0.2, 0) is 0 Å². The molecule has 1 N–H and O–H groups in total. The maximum atomic E-state index is 6.02. The molecule has 0 amide bonds. The first kappa shape index (κ1) is 14.0. The van der Waals surface area contributed by atoms with Gasteiger partial charge in [-0.25, -0.2) is 0 Å². The summed E-state index contributed by atoms with van der Waals surface area (Å²) >= 11 is 11.8. The number of benzene rings is 2. The Kier molecular flexibility index (Phi) is 4.94. The summed E-state index contributed by atoms with van der Waals surface area (Å²) in [6.07, 6.45) is 0. The fourth-order valence-electron chi connectivity index (χ4n) is 1.71. The summed E-state index contributed by atoms with van der Waals surface area (Å²) in [4.78, 5) is 0. The molecule has 0 aliphatic heterocycles. The van der Waals surface area contributed by atoms with E-state index >= 15 is 0 Å². The number of hydrogen-bond acceptors (Lipinski definition) is 2. The lowest BCUT2D eigenvalue weighted by atomic mass is 10.2. The van der Waals surface area contributed by atoms with Crippen LogP contribution in [0.15, 0.2) is 42.5 Å². The zero-order valence-electron chi connectivity index (χ0n) is 10.6. The Morgan fingerprint density at radius 2 is 1.89 bits per heavy atom. The lowest BCUT2D eigenvalue weighted by Crippen LogP contribution is -2.12. The Labute approximate surface area is 123 Å². The van der Waals surface area contributed by atoms with Crippen LogP contribution in [0.2, 0.25) is 10.0 Å². The molecule has 0 unspecified atom stereocenters. The van der Waals surface area contributed by atoms with Gasteiger partial charge in [-0.1, -0.05) is 41.4 Å². The molecule has 2 aromatic carbocycles. The summed E-state index contributed by atoms with van der Waals surface area (Å²) in [5.74, 6) is 0.651. The van der Waals surface area contributed by atoms with Crippen molar-refractivity contribution >= 4 is 28.9 Å². The van der Waals surface area contributed by atoms with Crippen molar-refractivity contribution in [2.24, 2.45) is 0 Å². The Morgan fingerprint density at radius 1 is 1.11 bits per heavy atom. The van der Waals surface area contributed by atoms with E-state index in [-0.39, 0.29) is 0 Å². The zero-order valence-corrected chi connectivity index (χ0v) is 12.1. The predicted molar refractivity (Wildman–Crippen MR) is 81.6 cm³/mol. The average Bonchev–Trinajstić information content (AvgIpc) is 2.38. The van der Waals surface area contributed by atoms with Gasteiger partial charge < -0.3 is 10.1 Å². The molecule has 0 spiro atoms. The molecule has 2 nitrogen and oxygen atoms in total. The van der Waals surface area contributed by atoms with E-state index in [1.807, 2.05) is 18.2 Å². The molecular weight excluding hydrogens is 281 g/mol. The fraction of sp³-hybridized carbons (Fsp3) is 0.200. The van der Waals surface area contributed by atoms with Crippen molar-refractivity contribution in [2.45, 2.75) is 6.92 Å². The third-order valence-electron chi connectivity index (χ3n) is 2.71. The normalized spacial score (nSPS) is 10.3. The second-order valence-electron chi connectivity index (χ2n) is 4.16. The number of para-hydroxylation sites is 1. The van der Waals surface area contributed by atoms with Gasteiger partial charge in [0.2, 0.25) is 0 Å². The van der Waals surface area contributed by atoms with Gasteiger partial charge in [0.25, 0.3) is 0 Å². The van der Waals surface area contributed by atoms with Gasteiger partial charge in [-0.05, 0) is 36.8 Å². The number of rotatable bonds is 5. The second-order valence-corrected chi connectivity index (χ2v) is 5.01. The number of ether oxygens (including phenoxy) is 1. The molecule has 0 saturated heterocycles. The molecule has 19 heavy (non-hydrogen) atoms. The summed E-state index contributed by atoms with van der Waals surface area (Å²) in [6, 6.07) is 13.4. The van der Waals surface area contributed by atoms with Crippen LogP contribution in [0.5, 0.6) is 5.75 Å². The number of halogens is 2. The van der Waals surface area contributed by atoms with Crippen LogP contribution >= 0.6 is 23.2 Å². The summed E-state index contributed by atoms with van der Waals surface area (Å²) in [5, 5.41) is 4.46. The van der Waals surface area contributed by atoms with Gasteiger partial charge in [-0.3, -0.25) is 0 Å². The first-order valence-corrected chi connectivity index (χ1v) is 6.80. The van der Waals surface area contributed by atoms with E-state index in [9.17, 15) is 0 Å². The minimum atomic E-state index is 0.531. The van der Waals surface area contributed by atoms with E-state index < -0.39 is 0 Å². The average molecular weight is 296 g/mol. The van der Waals surface area contributed by atoms with Crippen molar-refractivity contribution in [2.75, 3.05) is 18.5 Å². The molecule has 0 aromatic heterocycles. The van der Waals surface area contributed by atoms with E-state index in [0.29, 0.717) is 28.9 Å². The summed E-state index contributed by atoms with van der Waals surface area (Å²) < 4.78 is 5.60. The number of hydrogen-bond donors (Lipinski definition) is 1. The van der Waals surface area contributed by atoms with E-state index in [1.54, 1.807) is 18.2 Å². The van der Waals surface area contributed by atoms with E-state index in [2.05, 4.69) is 18.3 Å². The lowest BCUT2D eigenvalue weighted by Gasteiger charge is -2.11. The monoisotopic (exact) mass is 295 g/mol. The quantitative estimate of drug-likeness (QED) is 0.801. The van der Waals surface area contributed by atoms with Crippen molar-refractivity contribution in [3.05, 3.63) is 58.1 Å². The highest BCUT2D eigenvalue weighted by atomic mass is 35.5. The van der Waals surface area contributed by atoms with Crippen LogP contribution in [0.25, 0.3) is 0 Å². The van der Waals surface area contributed by atoms with Crippen molar-refractivity contribution in [3.63, 3.8) is 0 Å². The smallest absolute Gasteiger partial charge is 0.138 e. The highest BCUT2D eigenvalue weighted by Crippen LogP contribution is 2.27. The SMILES string of the molecule is Cc1ccccc1NCCOc1ccc(Cl)cc1Cl. The first-order valence-electron chi connectivity index (χ1n) is 6.04. The molecule has 0 aliphatic carbocycles. The molecule has 0 aliphatic rings. The highest BCUT2D eigenvalue weighted by Gasteiger charge is 2.02. The topological polar surface area (TPSA) is 21.3 Å². The number of aryl methyl sites for hydroxylation is 1. The van der Waals surface area contributed by atoms with E-state index in [4.69, 9.17) is 27.9 Å². The summed E-state index contributed by atoms with van der Waals surface area (Å²) in [5.41, 5.74) is 2.33. The van der Waals surface area contributed by atoms with Crippen molar-refractivity contribution < 1.29 is 4.74 Å². The molecule has 4 heteroatoms. The first-order chi connectivity index (χ1) is 9.16. The molecule has 0 bridgehead atoms. The molecule has 0 heterocycles. The minimum absolute atomic E-state index is 0.531. The lowest BCUT2D eigenvalue weighted by molar-refractivity contribution is 0.333. The van der Waals surface area contributed by atoms with Crippen LogP contribution in [-0.4, -0.2) is 13.2 Å². The minimum Gasteiger partial charge on any atom is -0.490 e. The standard InChI is InChI=1S/C15H15Cl2NO/c1-11-4-2-3-5-14(11)18-8-9-19-15-7-6-12(16)10-13(15)17/h2-7,10,18H,8-9H2,1H3. The molecule has 0 atom stereocenters. The van der Waals surface area contributed by atoms with Crippen molar-refractivity contribution in [1.82, 2.24) is 0 Å². The van der Waals surface area contributed by atoms with Crippen LogP contribution in [0.4, 0.5) is 5.69 Å².